The van der Waals surface area contributed by atoms with Crippen LogP contribution in [-0.4, -0.2) is 32.1 Å². The number of carbonyl (C=O) groups excluding carboxylic acids is 3. The molecule has 0 aliphatic heterocycles. The van der Waals surface area contributed by atoms with Crippen LogP contribution in [0.5, 0.6) is 0 Å². The number of aliphatic carboxylic acids is 1. The predicted molar refractivity (Wildman–Crippen MR) is 64.2 cm³/mol. The Hall–Kier alpha value is -1.57. The van der Waals surface area contributed by atoms with Gasteiger partial charge in [0.05, 0.1) is 25.3 Å². The number of carboxylic acids is 1. The Morgan fingerprint density at radius 1 is 1.00 bits per heavy atom. The standard InChI is InChI=1S/C10H11NO4.C2H4O2.Na/c1-14-9(12)6-3-7(10(13)15-2)5-8(11)4-6;1-2(3)4;/h3-5H,11H2,1-2H3;1H3,(H,3,4);/q;;+1/p-1. The summed E-state index contributed by atoms with van der Waals surface area (Å²) in [6, 6.07) is 4.23. The number of hydrogen-bond donors (Lipinski definition) is 1. The molecule has 0 aliphatic rings. The van der Waals surface area contributed by atoms with Crippen molar-refractivity contribution in [1.82, 2.24) is 0 Å². The van der Waals surface area contributed by atoms with Crippen molar-refractivity contribution in [2.75, 3.05) is 20.0 Å². The zero-order valence-electron chi connectivity index (χ0n) is 11.8. The predicted octanol–water partition coefficient (Wildman–Crippen LogP) is -3.40. The van der Waals surface area contributed by atoms with E-state index in [-0.39, 0.29) is 40.7 Å². The van der Waals surface area contributed by atoms with E-state index in [1.165, 1.54) is 32.4 Å². The molecule has 1 rings (SSSR count). The number of benzene rings is 1. The van der Waals surface area contributed by atoms with E-state index in [1.807, 2.05) is 0 Å². The molecule has 2 N–H and O–H groups in total. The van der Waals surface area contributed by atoms with Crippen molar-refractivity contribution in [2.24, 2.45) is 0 Å². The Kier molecular flexibility index (Phi) is 10.6. The maximum absolute atomic E-state index is 11.2. The molecule has 0 heterocycles. The summed E-state index contributed by atoms with van der Waals surface area (Å²) >= 11 is 0. The third kappa shape index (κ3) is 7.78. The molecule has 0 aliphatic carbocycles. The summed E-state index contributed by atoms with van der Waals surface area (Å²) in [5.74, 6) is -2.18. The van der Waals surface area contributed by atoms with Crippen LogP contribution >= 0.6 is 0 Å². The van der Waals surface area contributed by atoms with Gasteiger partial charge in [0.25, 0.3) is 0 Å². The summed E-state index contributed by atoms with van der Waals surface area (Å²) in [5, 5.41) is 8.89. The molecule has 0 saturated heterocycles. The largest absolute Gasteiger partial charge is 1.00 e. The second-order valence-electron chi connectivity index (χ2n) is 3.32. The number of rotatable bonds is 2. The van der Waals surface area contributed by atoms with Crippen LogP contribution in [-0.2, 0) is 14.3 Å². The first-order chi connectivity index (χ1) is 8.81. The third-order valence-corrected chi connectivity index (χ3v) is 1.80. The average Bonchev–Trinajstić information content (AvgIpc) is 2.35. The van der Waals surface area contributed by atoms with Gasteiger partial charge in [-0.15, -0.1) is 0 Å². The normalized spacial score (nSPS) is 8.35. The Balaban J connectivity index is 0. The number of nitrogens with two attached hydrogens (primary N) is 1. The average molecular weight is 291 g/mol. The quantitative estimate of drug-likeness (QED) is 0.343. The summed E-state index contributed by atoms with van der Waals surface area (Å²) in [6.45, 7) is 0.972. The van der Waals surface area contributed by atoms with Gasteiger partial charge in [0.15, 0.2) is 0 Å². The van der Waals surface area contributed by atoms with Gasteiger partial charge in [0, 0.05) is 11.7 Å². The van der Waals surface area contributed by atoms with Gasteiger partial charge < -0.3 is 25.1 Å². The van der Waals surface area contributed by atoms with E-state index in [2.05, 4.69) is 9.47 Å². The van der Waals surface area contributed by atoms with Gasteiger partial charge >= 0.3 is 41.5 Å². The number of hydrogen-bond acceptors (Lipinski definition) is 7. The molecule has 7 nitrogen and oxygen atoms in total. The first-order valence-corrected chi connectivity index (χ1v) is 5.06. The molecule has 0 radical (unpaired) electrons. The molecule has 0 amide bonds. The summed E-state index contributed by atoms with van der Waals surface area (Å²) in [4.78, 5) is 31.3. The molecule has 0 atom stereocenters. The van der Waals surface area contributed by atoms with Crippen LogP contribution in [0.2, 0.25) is 0 Å². The summed E-state index contributed by atoms with van der Waals surface area (Å²) in [5.41, 5.74) is 6.27. The number of carboxylic acid groups (broad SMARTS) is 1. The molecule has 104 valence electrons. The van der Waals surface area contributed by atoms with Crippen molar-refractivity contribution < 1.29 is 58.5 Å². The Morgan fingerprint density at radius 2 is 1.30 bits per heavy atom. The van der Waals surface area contributed by atoms with Crippen LogP contribution in [0, 0.1) is 0 Å². The number of methoxy groups -OCH3 is 2. The number of ether oxygens (including phenoxy) is 2. The van der Waals surface area contributed by atoms with Crippen LogP contribution in [0.15, 0.2) is 18.2 Å². The molecule has 8 heteroatoms. The van der Waals surface area contributed by atoms with Crippen LogP contribution in [0.1, 0.15) is 27.6 Å². The van der Waals surface area contributed by atoms with E-state index in [4.69, 9.17) is 15.6 Å². The molecular formula is C12H14NNaO6. The Bertz CT molecular complexity index is 451. The van der Waals surface area contributed by atoms with Crippen molar-refractivity contribution in [3.05, 3.63) is 29.3 Å². The van der Waals surface area contributed by atoms with Gasteiger partial charge in [0.2, 0.25) is 0 Å². The molecule has 0 spiro atoms. The van der Waals surface area contributed by atoms with Crippen molar-refractivity contribution in [2.45, 2.75) is 6.92 Å². The molecule has 0 fully saturated rings. The van der Waals surface area contributed by atoms with Crippen LogP contribution < -0.4 is 40.4 Å². The third-order valence-electron chi connectivity index (χ3n) is 1.80. The van der Waals surface area contributed by atoms with E-state index < -0.39 is 17.9 Å². The molecule has 1 aromatic carbocycles. The van der Waals surface area contributed by atoms with Gasteiger partial charge in [0.1, 0.15) is 0 Å². The minimum absolute atomic E-state index is 0. The maximum atomic E-state index is 11.2. The number of carbonyl (C=O) groups is 3. The van der Waals surface area contributed by atoms with E-state index in [0.717, 1.165) is 6.92 Å². The van der Waals surface area contributed by atoms with Gasteiger partial charge in [-0.25, -0.2) is 9.59 Å². The SMILES string of the molecule is CC(=O)[O-].COC(=O)c1cc(N)cc(C(=O)OC)c1.[Na+]. The number of anilines is 1. The maximum Gasteiger partial charge on any atom is 1.00 e. The molecule has 1 aromatic rings. The van der Waals surface area contributed by atoms with E-state index in [1.54, 1.807) is 0 Å². The molecule has 20 heavy (non-hydrogen) atoms. The van der Waals surface area contributed by atoms with Gasteiger partial charge in [-0.3, -0.25) is 0 Å². The van der Waals surface area contributed by atoms with Crippen molar-refractivity contribution in [1.29, 1.82) is 0 Å². The number of esters is 2. The van der Waals surface area contributed by atoms with Gasteiger partial charge in [-0.1, -0.05) is 0 Å². The summed E-state index contributed by atoms with van der Waals surface area (Å²) in [7, 11) is 2.51. The molecular weight excluding hydrogens is 277 g/mol. The fourth-order valence-corrected chi connectivity index (χ4v) is 1.12. The second-order valence-corrected chi connectivity index (χ2v) is 3.32. The molecule has 0 saturated carbocycles. The van der Waals surface area contributed by atoms with Gasteiger partial charge in [-0.2, -0.15) is 0 Å². The first kappa shape index (κ1) is 20.7. The first-order valence-electron chi connectivity index (χ1n) is 5.06. The van der Waals surface area contributed by atoms with Crippen molar-refractivity contribution >= 4 is 23.6 Å². The summed E-state index contributed by atoms with van der Waals surface area (Å²) in [6.07, 6.45) is 0. The minimum Gasteiger partial charge on any atom is -0.550 e. The van der Waals surface area contributed by atoms with E-state index in [0.29, 0.717) is 5.69 Å². The zero-order valence-corrected chi connectivity index (χ0v) is 13.8. The Labute approximate surface area is 138 Å². The monoisotopic (exact) mass is 291 g/mol. The molecule has 0 aromatic heterocycles. The fraction of sp³-hybridized carbons (Fsp3) is 0.250. The van der Waals surface area contributed by atoms with E-state index in [9.17, 15) is 9.59 Å². The minimum atomic E-state index is -1.08. The Morgan fingerprint density at radius 3 is 1.55 bits per heavy atom. The number of nitrogen functional groups attached to an aromatic ring is 1. The van der Waals surface area contributed by atoms with Crippen LogP contribution in [0.4, 0.5) is 5.69 Å². The fourth-order valence-electron chi connectivity index (χ4n) is 1.12. The smallest absolute Gasteiger partial charge is 0.550 e. The summed E-state index contributed by atoms with van der Waals surface area (Å²) < 4.78 is 9.03. The van der Waals surface area contributed by atoms with Crippen LogP contribution in [0.3, 0.4) is 0 Å². The van der Waals surface area contributed by atoms with Crippen molar-refractivity contribution in [3.8, 4) is 0 Å². The molecule has 0 bridgehead atoms. The zero-order chi connectivity index (χ0) is 15.0. The van der Waals surface area contributed by atoms with Gasteiger partial charge in [-0.05, 0) is 25.1 Å². The van der Waals surface area contributed by atoms with Crippen molar-refractivity contribution in [3.63, 3.8) is 0 Å². The van der Waals surface area contributed by atoms with E-state index >= 15 is 0 Å². The topological polar surface area (TPSA) is 119 Å². The second kappa shape index (κ2) is 10.2. The molecule has 0 unspecified atom stereocenters. The van der Waals surface area contributed by atoms with Crippen LogP contribution in [0.25, 0.3) is 0 Å².